The van der Waals surface area contributed by atoms with Crippen molar-refractivity contribution in [2.45, 2.75) is 0 Å². The van der Waals surface area contributed by atoms with Gasteiger partial charge in [-0.1, -0.05) is 30.3 Å². The third-order valence-corrected chi connectivity index (χ3v) is 2.10. The predicted octanol–water partition coefficient (Wildman–Crippen LogP) is 1.59. The lowest BCUT2D eigenvalue weighted by atomic mass is 10.2. The lowest BCUT2D eigenvalue weighted by Gasteiger charge is -1.93. The molecule has 0 saturated carbocycles. The van der Waals surface area contributed by atoms with Crippen molar-refractivity contribution in [3.8, 4) is 11.4 Å². The largest absolute Gasteiger partial charge is 0.476 e. The third kappa shape index (κ3) is 1.70. The minimum Gasteiger partial charge on any atom is -0.476 e. The van der Waals surface area contributed by atoms with E-state index in [9.17, 15) is 9.59 Å². The van der Waals surface area contributed by atoms with E-state index in [1.165, 1.54) is 0 Å². The maximum Gasteiger partial charge on any atom is 0.356 e. The zero-order valence-electron chi connectivity index (χ0n) is 8.18. The normalized spacial score (nSPS) is 10.0. The monoisotopic (exact) mass is 216 g/mol. The van der Waals surface area contributed by atoms with Gasteiger partial charge in [0.2, 0.25) is 0 Å². The van der Waals surface area contributed by atoms with Crippen LogP contribution in [-0.2, 0) is 0 Å². The second-order valence-electron chi connectivity index (χ2n) is 3.14. The van der Waals surface area contributed by atoms with Crippen molar-refractivity contribution < 1.29 is 14.7 Å². The number of H-pyrrole nitrogens is 1. The standard InChI is InChI=1S/C11H8N2O3/c14-6-8-9(11(15)16)13-10(12-8)7-4-2-1-3-5-7/h1-6H,(H,12,13)(H,15,16). The Balaban J connectivity index is 2.52. The number of hydrogen-bond donors (Lipinski definition) is 2. The molecule has 0 bridgehead atoms. The van der Waals surface area contributed by atoms with Crippen molar-refractivity contribution >= 4 is 12.3 Å². The van der Waals surface area contributed by atoms with E-state index in [1.807, 2.05) is 6.07 Å². The van der Waals surface area contributed by atoms with E-state index in [-0.39, 0.29) is 11.4 Å². The van der Waals surface area contributed by atoms with E-state index in [0.29, 0.717) is 12.1 Å². The van der Waals surface area contributed by atoms with E-state index in [2.05, 4.69) is 9.97 Å². The minimum atomic E-state index is -1.22. The molecule has 0 fully saturated rings. The highest BCUT2D eigenvalue weighted by Crippen LogP contribution is 2.16. The van der Waals surface area contributed by atoms with Crippen LogP contribution >= 0.6 is 0 Å². The van der Waals surface area contributed by atoms with Crippen LogP contribution in [0.15, 0.2) is 30.3 Å². The molecule has 0 amide bonds. The molecule has 2 rings (SSSR count). The molecular weight excluding hydrogens is 208 g/mol. The van der Waals surface area contributed by atoms with E-state index in [4.69, 9.17) is 5.11 Å². The molecule has 1 aromatic carbocycles. The van der Waals surface area contributed by atoms with Gasteiger partial charge in [0.15, 0.2) is 12.0 Å². The first-order chi connectivity index (χ1) is 7.72. The molecule has 0 aliphatic heterocycles. The first-order valence-corrected chi connectivity index (χ1v) is 4.56. The van der Waals surface area contributed by atoms with Crippen LogP contribution in [0.1, 0.15) is 21.0 Å². The summed E-state index contributed by atoms with van der Waals surface area (Å²) in [5, 5.41) is 8.82. The molecule has 0 spiro atoms. The van der Waals surface area contributed by atoms with Crippen LogP contribution in [0.25, 0.3) is 11.4 Å². The molecule has 2 aromatic rings. The van der Waals surface area contributed by atoms with Crippen molar-refractivity contribution in [3.63, 3.8) is 0 Å². The zero-order chi connectivity index (χ0) is 11.5. The van der Waals surface area contributed by atoms with Gasteiger partial charge >= 0.3 is 5.97 Å². The SMILES string of the molecule is O=Cc1[nH]c(-c2ccccc2)nc1C(=O)O. The number of aromatic nitrogens is 2. The molecule has 80 valence electrons. The number of nitrogens with one attached hydrogen (secondary N) is 1. The maximum absolute atomic E-state index is 10.8. The highest BCUT2D eigenvalue weighted by Gasteiger charge is 2.16. The Morgan fingerprint density at radius 3 is 2.50 bits per heavy atom. The molecule has 5 nitrogen and oxygen atoms in total. The van der Waals surface area contributed by atoms with Crippen molar-refractivity contribution in [1.82, 2.24) is 9.97 Å². The Kier molecular flexibility index (Phi) is 2.51. The predicted molar refractivity (Wildman–Crippen MR) is 56.4 cm³/mol. The smallest absolute Gasteiger partial charge is 0.356 e. The van der Waals surface area contributed by atoms with Gasteiger partial charge in [-0.3, -0.25) is 4.79 Å². The van der Waals surface area contributed by atoms with Crippen LogP contribution in [0.4, 0.5) is 0 Å². The van der Waals surface area contributed by atoms with Crippen LogP contribution < -0.4 is 0 Å². The number of carbonyl (C=O) groups excluding carboxylic acids is 1. The van der Waals surface area contributed by atoms with Gasteiger partial charge in [-0.15, -0.1) is 0 Å². The summed E-state index contributed by atoms with van der Waals surface area (Å²) in [6.45, 7) is 0. The summed E-state index contributed by atoms with van der Waals surface area (Å²) >= 11 is 0. The van der Waals surface area contributed by atoms with Crippen molar-refractivity contribution in [2.24, 2.45) is 0 Å². The molecule has 0 unspecified atom stereocenters. The van der Waals surface area contributed by atoms with Crippen LogP contribution in [0.3, 0.4) is 0 Å². The van der Waals surface area contributed by atoms with Crippen LogP contribution in [0, 0.1) is 0 Å². The Hall–Kier alpha value is -2.43. The van der Waals surface area contributed by atoms with E-state index < -0.39 is 5.97 Å². The molecular formula is C11H8N2O3. The molecule has 0 aliphatic carbocycles. The van der Waals surface area contributed by atoms with Gasteiger partial charge in [-0.2, -0.15) is 0 Å². The first-order valence-electron chi connectivity index (χ1n) is 4.56. The average Bonchev–Trinajstić information content (AvgIpc) is 2.74. The third-order valence-electron chi connectivity index (χ3n) is 2.10. The van der Waals surface area contributed by atoms with Gasteiger partial charge in [0.1, 0.15) is 11.5 Å². The van der Waals surface area contributed by atoms with Crippen molar-refractivity contribution in [3.05, 3.63) is 41.7 Å². The molecule has 0 saturated heterocycles. The average molecular weight is 216 g/mol. The number of hydrogen-bond acceptors (Lipinski definition) is 3. The van der Waals surface area contributed by atoms with Crippen LogP contribution in [0.2, 0.25) is 0 Å². The van der Waals surface area contributed by atoms with Crippen LogP contribution in [0.5, 0.6) is 0 Å². The summed E-state index contributed by atoms with van der Waals surface area (Å²) in [4.78, 5) is 28.0. The molecule has 1 aromatic heterocycles. The van der Waals surface area contributed by atoms with E-state index in [0.717, 1.165) is 5.56 Å². The topological polar surface area (TPSA) is 83.0 Å². The molecule has 5 heteroatoms. The molecule has 2 N–H and O–H groups in total. The number of nitrogens with zero attached hydrogens (tertiary/aromatic N) is 1. The molecule has 0 atom stereocenters. The Bertz CT molecular complexity index is 531. The Labute approximate surface area is 90.8 Å². The quantitative estimate of drug-likeness (QED) is 0.763. The second kappa shape index (κ2) is 3.98. The van der Waals surface area contributed by atoms with Gasteiger partial charge in [0, 0.05) is 5.56 Å². The fraction of sp³-hybridized carbons (Fsp3) is 0. The van der Waals surface area contributed by atoms with Crippen molar-refractivity contribution in [2.75, 3.05) is 0 Å². The van der Waals surface area contributed by atoms with Gasteiger partial charge in [-0.25, -0.2) is 9.78 Å². The van der Waals surface area contributed by atoms with E-state index >= 15 is 0 Å². The number of aldehydes is 1. The highest BCUT2D eigenvalue weighted by molar-refractivity contribution is 5.95. The minimum absolute atomic E-state index is 0.0219. The Morgan fingerprint density at radius 1 is 1.31 bits per heavy atom. The molecule has 0 aliphatic rings. The molecule has 16 heavy (non-hydrogen) atoms. The Morgan fingerprint density at radius 2 is 2.00 bits per heavy atom. The summed E-state index contributed by atoms with van der Waals surface area (Å²) in [5.74, 6) is -0.847. The first kappa shape index (κ1) is 10.1. The highest BCUT2D eigenvalue weighted by atomic mass is 16.4. The number of aromatic carboxylic acids is 1. The summed E-state index contributed by atoms with van der Waals surface area (Å²) in [7, 11) is 0. The van der Waals surface area contributed by atoms with Gasteiger partial charge in [0.05, 0.1) is 0 Å². The number of aromatic amines is 1. The summed E-state index contributed by atoms with van der Waals surface area (Å²) in [6, 6.07) is 9.00. The van der Waals surface area contributed by atoms with Gasteiger partial charge in [0.25, 0.3) is 0 Å². The number of carboxylic acids is 1. The summed E-state index contributed by atoms with van der Waals surface area (Å²) < 4.78 is 0. The fourth-order valence-electron chi connectivity index (χ4n) is 1.37. The maximum atomic E-state index is 10.8. The lowest BCUT2D eigenvalue weighted by Crippen LogP contribution is -2.00. The summed E-state index contributed by atoms with van der Waals surface area (Å²) in [6.07, 6.45) is 0.447. The number of rotatable bonds is 3. The van der Waals surface area contributed by atoms with Crippen LogP contribution in [-0.4, -0.2) is 27.3 Å². The summed E-state index contributed by atoms with van der Waals surface area (Å²) in [5.41, 5.74) is 0.457. The van der Waals surface area contributed by atoms with Gasteiger partial charge in [-0.05, 0) is 0 Å². The number of benzene rings is 1. The van der Waals surface area contributed by atoms with Crippen molar-refractivity contribution in [1.29, 1.82) is 0 Å². The fourth-order valence-corrected chi connectivity index (χ4v) is 1.37. The zero-order valence-corrected chi connectivity index (χ0v) is 8.18. The molecule has 0 radical (unpaired) electrons. The van der Waals surface area contributed by atoms with Gasteiger partial charge < -0.3 is 10.1 Å². The lowest BCUT2D eigenvalue weighted by molar-refractivity contribution is 0.0688. The molecule has 1 heterocycles. The number of carbonyl (C=O) groups is 2. The second-order valence-corrected chi connectivity index (χ2v) is 3.14. The van der Waals surface area contributed by atoms with E-state index in [1.54, 1.807) is 24.3 Å². The number of carboxylic acid groups (broad SMARTS) is 1. The number of imidazole rings is 1.